The SMILES string of the molecule is CCc1cccnc1C(NN)c1ccc(C2CCC2)cc1. The molecule has 3 rings (SSSR count). The summed E-state index contributed by atoms with van der Waals surface area (Å²) in [6, 6.07) is 12.9. The second-order valence-electron chi connectivity index (χ2n) is 5.80. The molecule has 1 fully saturated rings. The Bertz CT molecular complexity index is 588. The highest BCUT2D eigenvalue weighted by molar-refractivity contribution is 5.35. The summed E-state index contributed by atoms with van der Waals surface area (Å²) in [4.78, 5) is 4.54. The van der Waals surface area contributed by atoms with Crippen LogP contribution in [0, 0.1) is 0 Å². The van der Waals surface area contributed by atoms with Gasteiger partial charge in [-0.2, -0.15) is 0 Å². The molecule has 1 aliphatic carbocycles. The largest absolute Gasteiger partial charge is 0.271 e. The first-order valence-electron chi connectivity index (χ1n) is 7.83. The molecule has 3 N–H and O–H groups in total. The molecule has 0 saturated heterocycles. The molecule has 1 aromatic carbocycles. The Morgan fingerprint density at radius 1 is 1.24 bits per heavy atom. The summed E-state index contributed by atoms with van der Waals surface area (Å²) >= 11 is 0. The molecule has 0 bridgehead atoms. The summed E-state index contributed by atoms with van der Waals surface area (Å²) in [5.41, 5.74) is 7.82. The van der Waals surface area contributed by atoms with Crippen molar-refractivity contribution in [3.8, 4) is 0 Å². The van der Waals surface area contributed by atoms with Crippen LogP contribution in [0.2, 0.25) is 0 Å². The van der Waals surface area contributed by atoms with Crippen molar-refractivity contribution in [2.75, 3.05) is 0 Å². The van der Waals surface area contributed by atoms with E-state index in [0.29, 0.717) is 0 Å². The van der Waals surface area contributed by atoms with Gasteiger partial charge in [0, 0.05) is 6.20 Å². The minimum atomic E-state index is -0.0448. The topological polar surface area (TPSA) is 50.9 Å². The predicted molar refractivity (Wildman–Crippen MR) is 85.8 cm³/mol. The summed E-state index contributed by atoms with van der Waals surface area (Å²) in [6.07, 6.45) is 6.83. The van der Waals surface area contributed by atoms with E-state index in [2.05, 4.69) is 47.7 Å². The van der Waals surface area contributed by atoms with Crippen LogP contribution in [0.5, 0.6) is 0 Å². The highest BCUT2D eigenvalue weighted by Crippen LogP contribution is 2.36. The monoisotopic (exact) mass is 281 g/mol. The number of benzene rings is 1. The lowest BCUT2D eigenvalue weighted by Crippen LogP contribution is -2.30. The zero-order valence-electron chi connectivity index (χ0n) is 12.5. The van der Waals surface area contributed by atoms with E-state index in [1.54, 1.807) is 0 Å². The Labute approximate surface area is 126 Å². The van der Waals surface area contributed by atoms with E-state index in [1.165, 1.54) is 36.0 Å². The molecule has 1 aromatic heterocycles. The molecular weight excluding hydrogens is 258 g/mol. The second kappa shape index (κ2) is 6.37. The second-order valence-corrected chi connectivity index (χ2v) is 5.80. The summed E-state index contributed by atoms with van der Waals surface area (Å²) in [5.74, 6) is 6.57. The van der Waals surface area contributed by atoms with Gasteiger partial charge in [0.15, 0.2) is 0 Å². The van der Waals surface area contributed by atoms with Gasteiger partial charge in [-0.1, -0.05) is 43.7 Å². The van der Waals surface area contributed by atoms with Crippen LogP contribution in [0.4, 0.5) is 0 Å². The molecule has 2 aromatic rings. The standard InChI is InChI=1S/C18H23N3/c1-2-13-7-4-12-20-17(13)18(21-19)16-10-8-15(9-11-16)14-5-3-6-14/h4,7-12,14,18,21H,2-3,5-6,19H2,1H3. The van der Waals surface area contributed by atoms with E-state index in [0.717, 1.165) is 18.0 Å². The number of aromatic nitrogens is 1. The van der Waals surface area contributed by atoms with E-state index in [9.17, 15) is 0 Å². The van der Waals surface area contributed by atoms with Crippen LogP contribution in [0.15, 0.2) is 42.6 Å². The van der Waals surface area contributed by atoms with Crippen molar-refractivity contribution in [2.45, 2.75) is 44.6 Å². The first kappa shape index (κ1) is 14.2. The summed E-state index contributed by atoms with van der Waals surface area (Å²) < 4.78 is 0. The molecule has 1 aliphatic rings. The van der Waals surface area contributed by atoms with E-state index >= 15 is 0 Å². The molecular formula is C18H23N3. The fourth-order valence-electron chi connectivity index (χ4n) is 3.04. The third-order valence-electron chi connectivity index (χ3n) is 4.59. The number of hydrogen-bond acceptors (Lipinski definition) is 3. The molecule has 21 heavy (non-hydrogen) atoms. The summed E-state index contributed by atoms with van der Waals surface area (Å²) in [5, 5.41) is 0. The van der Waals surface area contributed by atoms with Gasteiger partial charge in [-0.05, 0) is 47.9 Å². The van der Waals surface area contributed by atoms with Gasteiger partial charge < -0.3 is 0 Å². The number of nitrogens with one attached hydrogen (secondary N) is 1. The van der Waals surface area contributed by atoms with Crippen molar-refractivity contribution in [2.24, 2.45) is 5.84 Å². The maximum Gasteiger partial charge on any atom is 0.0884 e. The number of pyridine rings is 1. The smallest absolute Gasteiger partial charge is 0.0884 e. The van der Waals surface area contributed by atoms with Crippen molar-refractivity contribution in [3.05, 3.63) is 65.0 Å². The number of rotatable bonds is 5. The average molecular weight is 281 g/mol. The van der Waals surface area contributed by atoms with Crippen LogP contribution < -0.4 is 11.3 Å². The highest BCUT2D eigenvalue weighted by atomic mass is 15.2. The average Bonchev–Trinajstić information content (AvgIpc) is 2.48. The fourth-order valence-corrected chi connectivity index (χ4v) is 3.04. The van der Waals surface area contributed by atoms with Crippen LogP contribution in [-0.2, 0) is 6.42 Å². The lowest BCUT2D eigenvalue weighted by atomic mass is 9.79. The Balaban J connectivity index is 1.88. The molecule has 1 atom stereocenters. The van der Waals surface area contributed by atoms with Crippen molar-refractivity contribution < 1.29 is 0 Å². The molecule has 0 aliphatic heterocycles. The predicted octanol–water partition coefficient (Wildman–Crippen LogP) is 3.46. The van der Waals surface area contributed by atoms with Crippen LogP contribution >= 0.6 is 0 Å². The van der Waals surface area contributed by atoms with Crippen LogP contribution in [0.3, 0.4) is 0 Å². The van der Waals surface area contributed by atoms with E-state index in [1.807, 2.05) is 12.3 Å². The Hall–Kier alpha value is -1.71. The van der Waals surface area contributed by atoms with Crippen molar-refractivity contribution in [1.29, 1.82) is 0 Å². The molecule has 0 amide bonds. The number of nitrogens with zero attached hydrogens (tertiary/aromatic N) is 1. The van der Waals surface area contributed by atoms with Gasteiger partial charge in [0.05, 0.1) is 11.7 Å². The van der Waals surface area contributed by atoms with Gasteiger partial charge in [0.25, 0.3) is 0 Å². The summed E-state index contributed by atoms with van der Waals surface area (Å²) in [6.45, 7) is 2.15. The number of hydrazine groups is 1. The Kier molecular flexibility index (Phi) is 4.32. The van der Waals surface area contributed by atoms with Gasteiger partial charge in [0.2, 0.25) is 0 Å². The van der Waals surface area contributed by atoms with Gasteiger partial charge in [-0.15, -0.1) is 0 Å². The highest BCUT2D eigenvalue weighted by Gasteiger charge is 2.21. The first-order valence-corrected chi connectivity index (χ1v) is 7.83. The van der Waals surface area contributed by atoms with Crippen molar-refractivity contribution >= 4 is 0 Å². The van der Waals surface area contributed by atoms with E-state index < -0.39 is 0 Å². The molecule has 1 unspecified atom stereocenters. The normalized spacial score (nSPS) is 16.5. The minimum Gasteiger partial charge on any atom is -0.271 e. The third-order valence-corrected chi connectivity index (χ3v) is 4.59. The molecule has 3 nitrogen and oxygen atoms in total. The minimum absolute atomic E-state index is 0.0448. The fraction of sp³-hybridized carbons (Fsp3) is 0.389. The van der Waals surface area contributed by atoms with Gasteiger partial charge in [-0.3, -0.25) is 10.8 Å². The van der Waals surface area contributed by atoms with Crippen molar-refractivity contribution in [1.82, 2.24) is 10.4 Å². The molecule has 3 heteroatoms. The van der Waals surface area contributed by atoms with Gasteiger partial charge in [0.1, 0.15) is 0 Å². The van der Waals surface area contributed by atoms with Gasteiger partial charge >= 0.3 is 0 Å². The summed E-state index contributed by atoms with van der Waals surface area (Å²) in [7, 11) is 0. The molecule has 0 radical (unpaired) electrons. The van der Waals surface area contributed by atoms with E-state index in [4.69, 9.17) is 5.84 Å². The van der Waals surface area contributed by atoms with Crippen LogP contribution in [0.25, 0.3) is 0 Å². The maximum atomic E-state index is 5.81. The lowest BCUT2D eigenvalue weighted by Gasteiger charge is -2.26. The Morgan fingerprint density at radius 3 is 2.57 bits per heavy atom. The number of nitrogens with two attached hydrogens (primary N) is 1. The van der Waals surface area contributed by atoms with E-state index in [-0.39, 0.29) is 6.04 Å². The third kappa shape index (κ3) is 2.85. The molecule has 1 heterocycles. The maximum absolute atomic E-state index is 5.81. The van der Waals surface area contributed by atoms with Crippen molar-refractivity contribution in [3.63, 3.8) is 0 Å². The van der Waals surface area contributed by atoms with Crippen LogP contribution in [0.1, 0.15) is 60.5 Å². The molecule has 110 valence electrons. The first-order chi connectivity index (χ1) is 10.3. The molecule has 1 saturated carbocycles. The van der Waals surface area contributed by atoms with Crippen LogP contribution in [-0.4, -0.2) is 4.98 Å². The quantitative estimate of drug-likeness (QED) is 0.652. The number of aryl methyl sites for hydroxylation is 1. The zero-order chi connectivity index (χ0) is 14.7. The lowest BCUT2D eigenvalue weighted by molar-refractivity contribution is 0.419. The Morgan fingerprint density at radius 2 is 2.00 bits per heavy atom. The number of hydrogen-bond donors (Lipinski definition) is 2. The molecule has 0 spiro atoms. The van der Waals surface area contributed by atoms with Gasteiger partial charge in [-0.25, -0.2) is 5.43 Å². The zero-order valence-corrected chi connectivity index (χ0v) is 12.5.